The van der Waals surface area contributed by atoms with Gasteiger partial charge in [-0.05, 0) is 44.9 Å². The predicted octanol–water partition coefficient (Wildman–Crippen LogP) is 19.7. The summed E-state index contributed by atoms with van der Waals surface area (Å²) in [4.78, 5) is 25.6. The maximum atomic E-state index is 13.0. The monoisotopic (exact) mass is 1060 g/mol. The third kappa shape index (κ3) is 58.7. The van der Waals surface area contributed by atoms with E-state index in [4.69, 9.17) is 9.05 Å². The standard InChI is InChI=1S/C65H129N2O6P/c1-6-8-10-12-14-16-18-20-22-24-26-28-30-32-33-34-35-37-39-41-43-45-47-49-51-53-55-57-59-65(69)66-63(62-73-74(70,71)72-61-60-67(3,4)5)64(68)58-56-54-52-50-48-46-44-42-40-38-36-31-29-27-25-23-21-19-17-15-13-11-9-7-2/h32-33,56,58,63-64,68H,6-31,34-55,57,59-62H2,1-5H3,(H-,66,69,70,71)/b33-32-,58-56+. The minimum atomic E-state index is -4.60. The second kappa shape index (κ2) is 56.7. The van der Waals surface area contributed by atoms with E-state index in [9.17, 15) is 19.4 Å². The van der Waals surface area contributed by atoms with Crippen molar-refractivity contribution in [3.8, 4) is 0 Å². The average Bonchev–Trinajstić information content (AvgIpc) is 3.36. The molecule has 0 saturated heterocycles. The average molecular weight is 1070 g/mol. The zero-order valence-corrected chi connectivity index (χ0v) is 51.2. The van der Waals surface area contributed by atoms with Crippen LogP contribution in [0, 0.1) is 0 Å². The smallest absolute Gasteiger partial charge is 0.268 e. The van der Waals surface area contributed by atoms with E-state index in [1.54, 1.807) is 6.08 Å². The lowest BCUT2D eigenvalue weighted by Crippen LogP contribution is -2.45. The van der Waals surface area contributed by atoms with Crippen molar-refractivity contribution < 1.29 is 32.9 Å². The number of aliphatic hydroxyl groups excluding tert-OH is 1. The normalized spacial score (nSPS) is 13.9. The molecule has 0 aliphatic carbocycles. The SMILES string of the molecule is CCCCCCCCCCCCCC/C=C\CCCCCCCCCCCCCCC(=O)NC(COP(=O)([O-])OCC[N+](C)(C)C)C(O)/C=C/CCCCCCCCCCCCCCCCCCCCCCCC. The Bertz CT molecular complexity index is 1260. The molecule has 1 amide bonds. The fourth-order valence-electron chi connectivity index (χ4n) is 10.0. The number of hydrogen-bond acceptors (Lipinski definition) is 6. The van der Waals surface area contributed by atoms with Crippen molar-refractivity contribution in [3.63, 3.8) is 0 Å². The first-order valence-electron chi connectivity index (χ1n) is 32.7. The van der Waals surface area contributed by atoms with Crippen LogP contribution in [0.2, 0.25) is 0 Å². The lowest BCUT2D eigenvalue weighted by atomic mass is 10.0. The van der Waals surface area contributed by atoms with Crippen molar-refractivity contribution in [2.45, 2.75) is 347 Å². The highest BCUT2D eigenvalue weighted by atomic mass is 31.2. The largest absolute Gasteiger partial charge is 0.756 e. The predicted molar refractivity (Wildman–Crippen MR) is 321 cm³/mol. The molecule has 0 aromatic heterocycles. The number of likely N-dealkylation sites (N-methyl/N-ethyl adjacent to an activating group) is 1. The maximum absolute atomic E-state index is 13.0. The summed E-state index contributed by atoms with van der Waals surface area (Å²) >= 11 is 0. The highest BCUT2D eigenvalue weighted by molar-refractivity contribution is 7.45. The van der Waals surface area contributed by atoms with Gasteiger partial charge in [0, 0.05) is 6.42 Å². The number of quaternary nitrogens is 1. The summed E-state index contributed by atoms with van der Waals surface area (Å²) in [7, 11) is 1.28. The number of aliphatic hydroxyl groups is 1. The molecular weight excluding hydrogens is 936 g/mol. The van der Waals surface area contributed by atoms with E-state index in [0.29, 0.717) is 17.4 Å². The topological polar surface area (TPSA) is 108 Å². The summed E-state index contributed by atoms with van der Waals surface area (Å²) in [6.07, 6.45) is 72.8. The molecule has 2 N–H and O–H groups in total. The zero-order valence-electron chi connectivity index (χ0n) is 50.3. The number of phosphoric ester groups is 1. The highest BCUT2D eigenvalue weighted by Gasteiger charge is 2.23. The number of rotatable bonds is 61. The van der Waals surface area contributed by atoms with E-state index in [1.807, 2.05) is 27.2 Å². The lowest BCUT2D eigenvalue weighted by molar-refractivity contribution is -0.870. The molecule has 0 radical (unpaired) electrons. The number of amides is 1. The Kier molecular flexibility index (Phi) is 55.9. The Labute approximate surface area is 462 Å². The molecule has 3 unspecified atom stereocenters. The first kappa shape index (κ1) is 73.0. The van der Waals surface area contributed by atoms with Crippen molar-refractivity contribution in [1.82, 2.24) is 5.32 Å². The summed E-state index contributed by atoms with van der Waals surface area (Å²) in [6.45, 7) is 4.71. The molecule has 8 nitrogen and oxygen atoms in total. The van der Waals surface area contributed by atoms with Crippen molar-refractivity contribution >= 4 is 13.7 Å². The number of carbonyl (C=O) groups excluding carboxylic acids is 1. The van der Waals surface area contributed by atoms with Gasteiger partial charge in [-0.15, -0.1) is 0 Å². The molecule has 0 heterocycles. The molecule has 74 heavy (non-hydrogen) atoms. The molecule has 0 spiro atoms. The van der Waals surface area contributed by atoms with E-state index >= 15 is 0 Å². The summed E-state index contributed by atoms with van der Waals surface area (Å²) < 4.78 is 23.4. The van der Waals surface area contributed by atoms with Crippen LogP contribution in [-0.4, -0.2) is 68.5 Å². The van der Waals surface area contributed by atoms with Crippen LogP contribution in [0.1, 0.15) is 335 Å². The minimum absolute atomic E-state index is 0.00111. The molecule has 0 aliphatic rings. The summed E-state index contributed by atoms with van der Waals surface area (Å²) in [5, 5.41) is 13.9. The second-order valence-electron chi connectivity index (χ2n) is 23.8. The Morgan fingerprint density at radius 1 is 0.459 bits per heavy atom. The third-order valence-electron chi connectivity index (χ3n) is 15.2. The quantitative estimate of drug-likeness (QED) is 0.0272. The second-order valence-corrected chi connectivity index (χ2v) is 25.2. The van der Waals surface area contributed by atoms with Crippen LogP contribution in [0.25, 0.3) is 0 Å². The number of unbranched alkanes of at least 4 members (excludes halogenated alkanes) is 46. The molecule has 0 fully saturated rings. The van der Waals surface area contributed by atoms with E-state index in [2.05, 4.69) is 31.3 Å². The Balaban J connectivity index is 4.10. The van der Waals surface area contributed by atoms with E-state index < -0.39 is 20.0 Å². The first-order valence-corrected chi connectivity index (χ1v) is 34.2. The molecule has 0 aromatic carbocycles. The van der Waals surface area contributed by atoms with Crippen LogP contribution in [0.5, 0.6) is 0 Å². The lowest BCUT2D eigenvalue weighted by Gasteiger charge is -2.29. The molecule has 0 aliphatic heterocycles. The summed E-state index contributed by atoms with van der Waals surface area (Å²) in [5.41, 5.74) is 0. The number of allylic oxidation sites excluding steroid dienone is 3. The van der Waals surface area contributed by atoms with Crippen LogP contribution in [0.4, 0.5) is 0 Å². The van der Waals surface area contributed by atoms with Crippen molar-refractivity contribution in [1.29, 1.82) is 0 Å². The van der Waals surface area contributed by atoms with E-state index in [1.165, 1.54) is 276 Å². The van der Waals surface area contributed by atoms with Crippen LogP contribution in [0.15, 0.2) is 24.3 Å². The Morgan fingerprint density at radius 2 is 0.743 bits per heavy atom. The Hall–Kier alpha value is -1.02. The number of hydrogen-bond donors (Lipinski definition) is 2. The first-order chi connectivity index (χ1) is 36.0. The van der Waals surface area contributed by atoms with Crippen LogP contribution in [-0.2, 0) is 18.4 Å². The Morgan fingerprint density at radius 3 is 1.05 bits per heavy atom. The van der Waals surface area contributed by atoms with Gasteiger partial charge in [0.25, 0.3) is 7.82 Å². The molecule has 0 aromatic rings. The molecule has 0 bridgehead atoms. The number of nitrogens with zero attached hydrogens (tertiary/aromatic N) is 1. The maximum Gasteiger partial charge on any atom is 0.268 e. The van der Waals surface area contributed by atoms with E-state index in [0.717, 1.165) is 38.5 Å². The summed E-state index contributed by atoms with van der Waals surface area (Å²) in [5.74, 6) is -0.192. The van der Waals surface area contributed by atoms with Gasteiger partial charge in [0.15, 0.2) is 0 Å². The van der Waals surface area contributed by atoms with Gasteiger partial charge in [-0.3, -0.25) is 9.36 Å². The van der Waals surface area contributed by atoms with Crippen LogP contribution >= 0.6 is 7.82 Å². The van der Waals surface area contributed by atoms with Gasteiger partial charge in [-0.1, -0.05) is 308 Å². The van der Waals surface area contributed by atoms with Crippen molar-refractivity contribution in [3.05, 3.63) is 24.3 Å². The number of phosphoric acid groups is 1. The molecule has 0 saturated carbocycles. The van der Waals surface area contributed by atoms with E-state index in [-0.39, 0.29) is 19.1 Å². The zero-order chi connectivity index (χ0) is 54.2. The molecule has 9 heteroatoms. The van der Waals surface area contributed by atoms with Gasteiger partial charge in [0.05, 0.1) is 39.9 Å². The van der Waals surface area contributed by atoms with Crippen LogP contribution < -0.4 is 10.2 Å². The van der Waals surface area contributed by atoms with Gasteiger partial charge < -0.3 is 28.8 Å². The molecular formula is C65H129N2O6P. The van der Waals surface area contributed by atoms with Gasteiger partial charge in [-0.25, -0.2) is 0 Å². The molecule has 3 atom stereocenters. The fourth-order valence-corrected chi connectivity index (χ4v) is 10.8. The van der Waals surface area contributed by atoms with Gasteiger partial charge in [0.1, 0.15) is 13.2 Å². The van der Waals surface area contributed by atoms with Crippen molar-refractivity contribution in [2.24, 2.45) is 0 Å². The molecule has 0 rings (SSSR count). The number of nitrogens with one attached hydrogen (secondary N) is 1. The highest BCUT2D eigenvalue weighted by Crippen LogP contribution is 2.38. The minimum Gasteiger partial charge on any atom is -0.756 e. The third-order valence-corrected chi connectivity index (χ3v) is 16.1. The van der Waals surface area contributed by atoms with Crippen molar-refractivity contribution in [2.75, 3.05) is 40.9 Å². The van der Waals surface area contributed by atoms with Crippen LogP contribution in [0.3, 0.4) is 0 Å². The summed E-state index contributed by atoms with van der Waals surface area (Å²) in [6, 6.07) is -0.886. The van der Waals surface area contributed by atoms with Gasteiger partial charge in [0.2, 0.25) is 5.91 Å². The van der Waals surface area contributed by atoms with Gasteiger partial charge >= 0.3 is 0 Å². The molecule has 440 valence electrons. The van der Waals surface area contributed by atoms with Gasteiger partial charge in [-0.2, -0.15) is 0 Å². The number of carbonyl (C=O) groups is 1. The fraction of sp³-hybridized carbons (Fsp3) is 0.923.